The van der Waals surface area contributed by atoms with Gasteiger partial charge in [0.25, 0.3) is 0 Å². The molecule has 96 valence electrons. The second-order valence-corrected chi connectivity index (χ2v) is 5.20. The van der Waals surface area contributed by atoms with E-state index in [2.05, 4.69) is 29.3 Å². The van der Waals surface area contributed by atoms with Crippen molar-refractivity contribution in [2.24, 2.45) is 13.0 Å². The second-order valence-electron chi connectivity index (χ2n) is 5.20. The zero-order valence-electron chi connectivity index (χ0n) is 10.6. The first-order chi connectivity index (χ1) is 7.98. The monoisotopic (exact) mass is 240 g/mol. The molecule has 6 nitrogen and oxygen atoms in total. The molecule has 2 unspecified atom stereocenters. The summed E-state index contributed by atoms with van der Waals surface area (Å²) in [6.07, 6.45) is 1.84. The first kappa shape index (κ1) is 12.4. The molecule has 0 saturated carbocycles. The van der Waals surface area contributed by atoms with Gasteiger partial charge < -0.3 is 9.84 Å². The Balaban J connectivity index is 2.03. The first-order valence-electron chi connectivity index (χ1n) is 6.05. The highest BCUT2D eigenvalue weighted by Crippen LogP contribution is 2.30. The molecule has 2 heterocycles. The average Bonchev–Trinajstić information content (AvgIpc) is 2.63. The van der Waals surface area contributed by atoms with Gasteiger partial charge in [0.2, 0.25) is 0 Å². The van der Waals surface area contributed by atoms with E-state index in [1.807, 2.05) is 0 Å². The van der Waals surface area contributed by atoms with Crippen LogP contribution in [-0.4, -0.2) is 43.6 Å². The van der Waals surface area contributed by atoms with E-state index < -0.39 is 5.60 Å². The normalized spacial score (nSPS) is 29.8. The van der Waals surface area contributed by atoms with E-state index in [9.17, 15) is 5.11 Å². The van der Waals surface area contributed by atoms with Gasteiger partial charge in [0, 0.05) is 25.9 Å². The Morgan fingerprint density at radius 2 is 2.35 bits per heavy atom. The number of aliphatic hydroxyl groups is 1. The van der Waals surface area contributed by atoms with Gasteiger partial charge in [-0.3, -0.25) is 0 Å². The third kappa shape index (κ3) is 3.01. The van der Waals surface area contributed by atoms with Crippen LogP contribution in [0.25, 0.3) is 0 Å². The minimum atomic E-state index is -0.754. The fourth-order valence-electron chi connectivity index (χ4n) is 2.21. The number of ether oxygens (including phenoxy) is 1. The van der Waals surface area contributed by atoms with Crippen molar-refractivity contribution in [3.63, 3.8) is 0 Å². The number of hydrogen-bond acceptors (Lipinski definition) is 5. The summed E-state index contributed by atoms with van der Waals surface area (Å²) in [5.74, 6) is 1.01. The van der Waals surface area contributed by atoms with Gasteiger partial charge in [-0.1, -0.05) is 13.8 Å². The summed E-state index contributed by atoms with van der Waals surface area (Å²) in [6.45, 7) is 4.81. The highest BCUT2D eigenvalue weighted by molar-refractivity contribution is 4.95. The Morgan fingerprint density at radius 1 is 1.59 bits per heavy atom. The maximum Gasteiger partial charge on any atom is 0.177 e. The molecule has 0 aliphatic carbocycles. The Morgan fingerprint density at radius 3 is 2.94 bits per heavy atom. The van der Waals surface area contributed by atoms with Crippen molar-refractivity contribution in [3.05, 3.63) is 5.82 Å². The van der Waals surface area contributed by atoms with Crippen LogP contribution < -0.4 is 0 Å². The fraction of sp³-hybridized carbons (Fsp3) is 0.909. The summed E-state index contributed by atoms with van der Waals surface area (Å²) < 4.78 is 5.66. The van der Waals surface area contributed by atoms with Crippen LogP contribution >= 0.6 is 0 Å². The second kappa shape index (κ2) is 4.70. The lowest BCUT2D eigenvalue weighted by atomic mass is 9.84. The van der Waals surface area contributed by atoms with Gasteiger partial charge in [-0.05, 0) is 11.1 Å². The van der Waals surface area contributed by atoms with E-state index in [1.54, 1.807) is 7.05 Å². The van der Waals surface area contributed by atoms with Crippen LogP contribution in [0.15, 0.2) is 0 Å². The first-order valence-corrected chi connectivity index (χ1v) is 6.05. The molecule has 0 aromatic carbocycles. The largest absolute Gasteiger partial charge is 0.389 e. The van der Waals surface area contributed by atoms with Crippen LogP contribution in [0.3, 0.4) is 0 Å². The van der Waals surface area contributed by atoms with Crippen LogP contribution in [0.2, 0.25) is 0 Å². The standard InChI is InChI=1S/C11H20N4O2/c1-8(2)9-6-11(16,4-5-17-9)7-10-12-14-15(3)13-10/h8-9,16H,4-7H2,1-3H3. The molecule has 1 aliphatic heterocycles. The van der Waals surface area contributed by atoms with Crippen LogP contribution in [0.1, 0.15) is 32.5 Å². The van der Waals surface area contributed by atoms with Gasteiger partial charge in [0.05, 0.1) is 18.8 Å². The summed E-state index contributed by atoms with van der Waals surface area (Å²) in [5.41, 5.74) is -0.754. The summed E-state index contributed by atoms with van der Waals surface area (Å²) in [4.78, 5) is 1.41. The minimum Gasteiger partial charge on any atom is -0.389 e. The van der Waals surface area contributed by atoms with E-state index in [4.69, 9.17) is 4.74 Å². The van der Waals surface area contributed by atoms with Gasteiger partial charge >= 0.3 is 0 Å². The lowest BCUT2D eigenvalue weighted by Gasteiger charge is -2.37. The minimum absolute atomic E-state index is 0.116. The Labute approximate surface area is 101 Å². The van der Waals surface area contributed by atoms with E-state index in [1.165, 1.54) is 4.80 Å². The van der Waals surface area contributed by atoms with Crippen LogP contribution in [0.4, 0.5) is 0 Å². The van der Waals surface area contributed by atoms with Crippen LogP contribution in [-0.2, 0) is 18.2 Å². The summed E-state index contributed by atoms with van der Waals surface area (Å²) >= 11 is 0. The molecule has 0 spiro atoms. The van der Waals surface area contributed by atoms with E-state index in [0.717, 1.165) is 0 Å². The Bertz CT molecular complexity index is 379. The number of nitrogens with zero attached hydrogens (tertiary/aromatic N) is 4. The molecule has 0 bridgehead atoms. The SMILES string of the molecule is CC(C)C1CC(O)(Cc2nnn(C)n2)CCO1. The van der Waals surface area contributed by atoms with Gasteiger partial charge in [-0.2, -0.15) is 4.80 Å². The molecule has 17 heavy (non-hydrogen) atoms. The van der Waals surface area contributed by atoms with Crippen molar-refractivity contribution in [1.29, 1.82) is 0 Å². The summed E-state index contributed by atoms with van der Waals surface area (Å²) in [5, 5.41) is 22.4. The van der Waals surface area contributed by atoms with Crippen molar-refractivity contribution in [2.45, 2.75) is 44.8 Å². The van der Waals surface area contributed by atoms with Crippen LogP contribution in [0, 0.1) is 5.92 Å². The fourth-order valence-corrected chi connectivity index (χ4v) is 2.21. The van der Waals surface area contributed by atoms with Gasteiger partial charge in [0.1, 0.15) is 0 Å². The molecule has 1 N–H and O–H groups in total. The van der Waals surface area contributed by atoms with Gasteiger partial charge in [-0.25, -0.2) is 0 Å². The van der Waals surface area contributed by atoms with Gasteiger partial charge in [0.15, 0.2) is 5.82 Å². The number of aryl methyl sites for hydroxylation is 1. The molecular weight excluding hydrogens is 220 g/mol. The molecule has 1 aromatic heterocycles. The molecule has 6 heteroatoms. The third-order valence-corrected chi connectivity index (χ3v) is 3.26. The van der Waals surface area contributed by atoms with Crippen molar-refractivity contribution >= 4 is 0 Å². The van der Waals surface area contributed by atoms with Crippen LogP contribution in [0.5, 0.6) is 0 Å². The molecule has 1 aliphatic rings. The molecule has 1 saturated heterocycles. The van der Waals surface area contributed by atoms with E-state index in [-0.39, 0.29) is 6.10 Å². The molecule has 0 amide bonds. The smallest absolute Gasteiger partial charge is 0.177 e. The molecule has 0 radical (unpaired) electrons. The predicted octanol–water partition coefficient (Wildman–Crippen LogP) is 0.319. The Hall–Kier alpha value is -1.01. The zero-order chi connectivity index (χ0) is 12.5. The van der Waals surface area contributed by atoms with Crippen molar-refractivity contribution in [2.75, 3.05) is 6.61 Å². The molecule has 2 atom stereocenters. The lowest BCUT2D eigenvalue weighted by molar-refractivity contribution is -0.117. The number of hydrogen-bond donors (Lipinski definition) is 1. The Kier molecular flexibility index (Phi) is 3.44. The third-order valence-electron chi connectivity index (χ3n) is 3.26. The number of rotatable bonds is 3. The highest BCUT2D eigenvalue weighted by atomic mass is 16.5. The van der Waals surface area contributed by atoms with Crippen molar-refractivity contribution < 1.29 is 9.84 Å². The lowest BCUT2D eigenvalue weighted by Crippen LogP contribution is -2.44. The molecule has 1 aromatic rings. The quantitative estimate of drug-likeness (QED) is 0.823. The van der Waals surface area contributed by atoms with Gasteiger partial charge in [-0.15, -0.1) is 10.2 Å². The van der Waals surface area contributed by atoms with Crippen molar-refractivity contribution in [1.82, 2.24) is 20.2 Å². The molecule has 1 fully saturated rings. The number of aromatic nitrogens is 4. The summed E-state index contributed by atoms with van der Waals surface area (Å²) in [6, 6.07) is 0. The predicted molar refractivity (Wildman–Crippen MR) is 61.3 cm³/mol. The maximum absolute atomic E-state index is 10.6. The molecule has 2 rings (SSSR count). The van der Waals surface area contributed by atoms with Crippen molar-refractivity contribution in [3.8, 4) is 0 Å². The summed E-state index contributed by atoms with van der Waals surface area (Å²) in [7, 11) is 1.72. The van der Waals surface area contributed by atoms with E-state index in [0.29, 0.717) is 37.6 Å². The average molecular weight is 240 g/mol. The molecular formula is C11H20N4O2. The number of tetrazole rings is 1. The topological polar surface area (TPSA) is 73.1 Å². The maximum atomic E-state index is 10.6. The highest BCUT2D eigenvalue weighted by Gasteiger charge is 2.37. The zero-order valence-corrected chi connectivity index (χ0v) is 10.6. The van der Waals surface area contributed by atoms with E-state index >= 15 is 0 Å².